The van der Waals surface area contributed by atoms with Gasteiger partial charge in [-0.15, -0.1) is 0 Å². The van der Waals surface area contributed by atoms with Crippen LogP contribution in [0.4, 0.5) is 4.39 Å². The molecule has 0 fully saturated rings. The highest BCUT2D eigenvalue weighted by Crippen LogP contribution is 2.55. The molecule has 0 unspecified atom stereocenters. The normalized spacial score (nSPS) is 19.6. The highest BCUT2D eigenvalue weighted by Gasteiger charge is 2.43. The van der Waals surface area contributed by atoms with E-state index >= 15 is 4.39 Å². The van der Waals surface area contributed by atoms with E-state index in [1.54, 1.807) is 6.92 Å². The van der Waals surface area contributed by atoms with Crippen molar-refractivity contribution in [3.05, 3.63) is 107 Å². The van der Waals surface area contributed by atoms with Gasteiger partial charge in [-0.1, -0.05) is 84.9 Å². The lowest BCUT2D eigenvalue weighted by atomic mass is 9.86. The van der Waals surface area contributed by atoms with E-state index in [4.69, 9.17) is 0 Å². The molecular formula is C27H19F. The summed E-state index contributed by atoms with van der Waals surface area (Å²) in [6.45, 7) is 1.74. The zero-order chi connectivity index (χ0) is 18.9. The van der Waals surface area contributed by atoms with Crippen molar-refractivity contribution in [2.75, 3.05) is 0 Å². The molecule has 0 amide bonds. The highest BCUT2D eigenvalue weighted by molar-refractivity contribution is 6.15. The fourth-order valence-corrected chi connectivity index (χ4v) is 5.14. The Morgan fingerprint density at radius 3 is 1.93 bits per heavy atom. The zero-order valence-corrected chi connectivity index (χ0v) is 15.7. The van der Waals surface area contributed by atoms with Crippen LogP contribution in [0.3, 0.4) is 0 Å². The Morgan fingerprint density at radius 2 is 1.25 bits per heavy atom. The Kier molecular flexibility index (Phi) is 3.06. The smallest absolute Gasteiger partial charge is 0.138 e. The molecule has 0 saturated carbocycles. The minimum absolute atomic E-state index is 0.427. The largest absolute Gasteiger partial charge is 0.239 e. The molecule has 4 aromatic carbocycles. The second-order valence-electron chi connectivity index (χ2n) is 8.04. The molecule has 0 spiro atoms. The van der Waals surface area contributed by atoms with E-state index in [0.29, 0.717) is 6.42 Å². The lowest BCUT2D eigenvalue weighted by Gasteiger charge is -2.20. The number of alkyl halides is 1. The molecule has 0 aromatic heterocycles. The maximum Gasteiger partial charge on any atom is 0.138 e. The first-order valence-corrected chi connectivity index (χ1v) is 9.79. The van der Waals surface area contributed by atoms with Crippen LogP contribution in [0.1, 0.15) is 29.2 Å². The summed E-state index contributed by atoms with van der Waals surface area (Å²) in [4.78, 5) is 0. The van der Waals surface area contributed by atoms with Crippen LogP contribution in [0.5, 0.6) is 0 Å². The average molecular weight is 362 g/mol. The van der Waals surface area contributed by atoms with E-state index < -0.39 is 5.67 Å². The van der Waals surface area contributed by atoms with Crippen LogP contribution in [-0.2, 0) is 6.42 Å². The third kappa shape index (κ3) is 1.99. The minimum Gasteiger partial charge on any atom is -0.239 e. The summed E-state index contributed by atoms with van der Waals surface area (Å²) >= 11 is 0. The number of halogens is 1. The van der Waals surface area contributed by atoms with Crippen LogP contribution in [0.15, 0.2) is 84.9 Å². The number of hydrogen-bond donors (Lipinski definition) is 0. The van der Waals surface area contributed by atoms with Gasteiger partial charge in [0.05, 0.1) is 0 Å². The van der Waals surface area contributed by atoms with Crippen LogP contribution >= 0.6 is 0 Å². The molecule has 0 heterocycles. The lowest BCUT2D eigenvalue weighted by Crippen LogP contribution is -2.18. The van der Waals surface area contributed by atoms with Gasteiger partial charge in [0.2, 0.25) is 0 Å². The number of fused-ring (bicyclic) bond motifs is 6. The summed E-state index contributed by atoms with van der Waals surface area (Å²) in [6, 6.07) is 29.4. The van der Waals surface area contributed by atoms with E-state index in [1.165, 1.54) is 11.1 Å². The van der Waals surface area contributed by atoms with Gasteiger partial charge in [0.1, 0.15) is 5.67 Å². The summed E-state index contributed by atoms with van der Waals surface area (Å²) in [6.07, 6.45) is 0.427. The summed E-state index contributed by atoms with van der Waals surface area (Å²) in [5.41, 5.74) is 7.38. The summed E-state index contributed by atoms with van der Waals surface area (Å²) in [7, 11) is 0. The molecule has 2 aliphatic rings. The van der Waals surface area contributed by atoms with Gasteiger partial charge in [0.15, 0.2) is 0 Å². The first-order valence-electron chi connectivity index (χ1n) is 9.79. The van der Waals surface area contributed by atoms with Gasteiger partial charge in [-0.05, 0) is 56.6 Å². The lowest BCUT2D eigenvalue weighted by molar-refractivity contribution is 0.280. The van der Waals surface area contributed by atoms with E-state index in [9.17, 15) is 0 Å². The zero-order valence-electron chi connectivity index (χ0n) is 15.7. The van der Waals surface area contributed by atoms with Crippen molar-refractivity contribution in [3.63, 3.8) is 0 Å². The second-order valence-corrected chi connectivity index (χ2v) is 8.04. The van der Waals surface area contributed by atoms with E-state index in [2.05, 4.69) is 78.9 Å². The Hall–Kier alpha value is -3.19. The standard InChI is InChI=1S/C27H19F/c1-27(28)16-18-15-14-17-8-2-3-9-19(17)24(18)26(27)25-22-12-6-4-10-20(22)21-11-5-7-13-23(21)25/h2-15H,16H2,1H3/t27-/m0/s1. The molecule has 28 heavy (non-hydrogen) atoms. The molecule has 134 valence electrons. The average Bonchev–Trinajstić information content (AvgIpc) is 3.18. The van der Waals surface area contributed by atoms with Gasteiger partial charge in [0.25, 0.3) is 0 Å². The quantitative estimate of drug-likeness (QED) is 0.276. The van der Waals surface area contributed by atoms with Crippen molar-refractivity contribution in [1.82, 2.24) is 0 Å². The van der Waals surface area contributed by atoms with E-state index in [0.717, 1.165) is 44.2 Å². The Labute approximate surface area is 164 Å². The van der Waals surface area contributed by atoms with Crippen molar-refractivity contribution < 1.29 is 4.39 Å². The summed E-state index contributed by atoms with van der Waals surface area (Å²) in [5.74, 6) is 0. The predicted molar refractivity (Wildman–Crippen MR) is 115 cm³/mol. The molecule has 6 rings (SSSR count). The fraction of sp³-hybridized carbons (Fsp3) is 0.111. The molecule has 4 aromatic rings. The molecule has 2 aliphatic carbocycles. The van der Waals surface area contributed by atoms with Crippen molar-refractivity contribution in [1.29, 1.82) is 0 Å². The maximum absolute atomic E-state index is 16.2. The van der Waals surface area contributed by atoms with Gasteiger partial charge in [0, 0.05) is 12.0 Å². The van der Waals surface area contributed by atoms with Gasteiger partial charge < -0.3 is 0 Å². The second kappa shape index (κ2) is 5.42. The molecular weight excluding hydrogens is 343 g/mol. The van der Waals surface area contributed by atoms with E-state index in [-0.39, 0.29) is 0 Å². The van der Waals surface area contributed by atoms with Crippen molar-refractivity contribution in [2.45, 2.75) is 19.0 Å². The fourth-order valence-electron chi connectivity index (χ4n) is 5.14. The van der Waals surface area contributed by atoms with Gasteiger partial charge >= 0.3 is 0 Å². The Morgan fingerprint density at radius 1 is 0.679 bits per heavy atom. The van der Waals surface area contributed by atoms with Crippen LogP contribution in [0.25, 0.3) is 33.0 Å². The van der Waals surface area contributed by atoms with Crippen molar-refractivity contribution in [2.24, 2.45) is 0 Å². The number of rotatable bonds is 0. The third-order valence-electron chi connectivity index (χ3n) is 6.24. The van der Waals surface area contributed by atoms with E-state index in [1.807, 2.05) is 6.07 Å². The summed E-state index contributed by atoms with van der Waals surface area (Å²) in [5, 5.41) is 2.31. The molecule has 1 atom stereocenters. The minimum atomic E-state index is -1.40. The molecule has 0 N–H and O–H groups in total. The maximum atomic E-state index is 16.2. The predicted octanol–water partition coefficient (Wildman–Crippen LogP) is 7.06. The summed E-state index contributed by atoms with van der Waals surface area (Å²) < 4.78 is 16.2. The molecule has 0 saturated heterocycles. The molecule has 0 aliphatic heterocycles. The van der Waals surface area contributed by atoms with Crippen LogP contribution in [0, 0.1) is 0 Å². The Balaban J connectivity index is 1.81. The third-order valence-corrected chi connectivity index (χ3v) is 6.24. The first kappa shape index (κ1) is 15.8. The van der Waals surface area contributed by atoms with Crippen molar-refractivity contribution >= 4 is 21.9 Å². The van der Waals surface area contributed by atoms with Gasteiger partial charge in [-0.2, -0.15) is 0 Å². The van der Waals surface area contributed by atoms with Crippen LogP contribution in [-0.4, -0.2) is 5.67 Å². The van der Waals surface area contributed by atoms with Crippen LogP contribution in [0.2, 0.25) is 0 Å². The molecule has 0 radical (unpaired) electrons. The van der Waals surface area contributed by atoms with Gasteiger partial charge in [-0.25, -0.2) is 4.39 Å². The molecule has 1 heteroatoms. The first-order chi connectivity index (χ1) is 13.6. The Bertz CT molecular complexity index is 1260. The molecule has 0 bridgehead atoms. The monoisotopic (exact) mass is 362 g/mol. The topological polar surface area (TPSA) is 0 Å². The van der Waals surface area contributed by atoms with Gasteiger partial charge in [-0.3, -0.25) is 0 Å². The van der Waals surface area contributed by atoms with Crippen LogP contribution < -0.4 is 0 Å². The molecule has 0 nitrogen and oxygen atoms in total. The number of allylic oxidation sites excluding steroid dienone is 1. The SMILES string of the molecule is C[C@]1(F)Cc2ccc3ccccc3c2C1=C1c2ccccc2-c2ccccc21. The van der Waals surface area contributed by atoms with Crippen molar-refractivity contribution in [3.8, 4) is 11.1 Å². The highest BCUT2D eigenvalue weighted by atomic mass is 19.1. The number of hydrogen-bond acceptors (Lipinski definition) is 0. The number of benzene rings is 4.